The van der Waals surface area contributed by atoms with Crippen molar-refractivity contribution in [1.82, 2.24) is 20.1 Å². The van der Waals surface area contributed by atoms with Crippen LogP contribution in [0.5, 0.6) is 0 Å². The summed E-state index contributed by atoms with van der Waals surface area (Å²) in [6, 6.07) is -0.501. The molecule has 1 N–H and O–H groups in total. The summed E-state index contributed by atoms with van der Waals surface area (Å²) in [7, 11) is 3.37. The number of amides is 1. The van der Waals surface area contributed by atoms with Crippen molar-refractivity contribution in [3.63, 3.8) is 0 Å². The van der Waals surface area contributed by atoms with Gasteiger partial charge in [0.2, 0.25) is 11.8 Å². The van der Waals surface area contributed by atoms with Gasteiger partial charge in [-0.05, 0) is 38.5 Å². The first-order valence-corrected chi connectivity index (χ1v) is 10.4. The number of carbonyl (C=O) groups excluding carboxylic acids is 1. The van der Waals surface area contributed by atoms with Crippen LogP contribution in [0.2, 0.25) is 0 Å². The van der Waals surface area contributed by atoms with E-state index in [0.29, 0.717) is 41.8 Å². The van der Waals surface area contributed by atoms with Crippen molar-refractivity contribution in [2.45, 2.75) is 57.9 Å². The zero-order chi connectivity index (χ0) is 23.2. The van der Waals surface area contributed by atoms with Gasteiger partial charge >= 0.3 is 6.18 Å². The van der Waals surface area contributed by atoms with Gasteiger partial charge < -0.3 is 19.5 Å². The molecule has 2 atom stereocenters. The molecule has 1 aliphatic carbocycles. The molecule has 1 saturated carbocycles. The van der Waals surface area contributed by atoms with Gasteiger partial charge in [-0.2, -0.15) is 18.2 Å². The highest BCUT2D eigenvalue weighted by molar-refractivity contribution is 6.03. The Morgan fingerprint density at radius 1 is 1.22 bits per heavy atom. The summed E-state index contributed by atoms with van der Waals surface area (Å²) in [5.74, 6) is 0.450. The van der Waals surface area contributed by atoms with E-state index in [0.717, 1.165) is 12.8 Å². The van der Waals surface area contributed by atoms with Crippen LogP contribution in [0.15, 0.2) is 4.52 Å². The first-order chi connectivity index (χ1) is 15.1. The number of halogens is 3. The molecular formula is C20H25F3N6O3. The molecule has 2 aromatic rings. The lowest BCUT2D eigenvalue weighted by molar-refractivity contribution is -0.146. The summed E-state index contributed by atoms with van der Waals surface area (Å²) < 4.78 is 47.9. The monoisotopic (exact) mass is 454 g/mol. The van der Waals surface area contributed by atoms with Crippen LogP contribution in [0.3, 0.4) is 0 Å². The number of ether oxygens (including phenoxy) is 1. The first kappa shape index (κ1) is 22.4. The number of alkyl halides is 3. The van der Waals surface area contributed by atoms with E-state index in [-0.39, 0.29) is 23.8 Å². The number of aryl methyl sites for hydroxylation is 1. The molecule has 32 heavy (non-hydrogen) atoms. The smallest absolute Gasteiger partial charge is 0.379 e. The number of rotatable bonds is 6. The van der Waals surface area contributed by atoms with Crippen LogP contribution in [-0.4, -0.2) is 52.3 Å². The van der Waals surface area contributed by atoms with Gasteiger partial charge in [0.1, 0.15) is 17.6 Å². The molecule has 0 bridgehead atoms. The SMILES string of the molecule is CO[C@H](C)[C@H]1C(=O)Nc2c(C)nc(CC3CC(Cc4nc(C(F)(F)F)no4)C3)nc2N1C. The second kappa shape index (κ2) is 8.30. The maximum atomic E-state index is 12.6. The summed E-state index contributed by atoms with van der Waals surface area (Å²) in [5, 5.41) is 5.89. The molecule has 0 spiro atoms. The summed E-state index contributed by atoms with van der Waals surface area (Å²) in [6.07, 6.45) is -2.30. The summed E-state index contributed by atoms with van der Waals surface area (Å²) >= 11 is 0. The number of nitrogens with one attached hydrogen (secondary N) is 1. The number of aromatic nitrogens is 4. The number of carbonyl (C=O) groups is 1. The number of hydrogen-bond donors (Lipinski definition) is 1. The Labute approximate surface area is 182 Å². The van der Waals surface area contributed by atoms with Gasteiger partial charge in [0, 0.05) is 27.0 Å². The Bertz CT molecular complexity index is 1000. The molecule has 1 fully saturated rings. The minimum Gasteiger partial charge on any atom is -0.379 e. The zero-order valence-corrected chi connectivity index (χ0v) is 18.2. The van der Waals surface area contributed by atoms with E-state index in [2.05, 4.69) is 20.4 Å². The molecular weight excluding hydrogens is 429 g/mol. The van der Waals surface area contributed by atoms with Crippen molar-refractivity contribution < 1.29 is 27.2 Å². The third-order valence-electron chi connectivity index (χ3n) is 6.19. The van der Waals surface area contributed by atoms with Crippen LogP contribution in [0.4, 0.5) is 24.7 Å². The maximum absolute atomic E-state index is 12.6. The third kappa shape index (κ3) is 4.27. The number of nitrogens with zero attached hydrogens (tertiary/aromatic N) is 5. The number of hydrogen-bond acceptors (Lipinski definition) is 8. The van der Waals surface area contributed by atoms with Gasteiger partial charge in [-0.3, -0.25) is 4.79 Å². The summed E-state index contributed by atoms with van der Waals surface area (Å²) in [6.45, 7) is 3.66. The highest BCUT2D eigenvalue weighted by Crippen LogP contribution is 2.39. The van der Waals surface area contributed by atoms with E-state index in [1.807, 2.05) is 25.8 Å². The van der Waals surface area contributed by atoms with E-state index in [1.165, 1.54) is 0 Å². The lowest BCUT2D eigenvalue weighted by Gasteiger charge is -2.38. The van der Waals surface area contributed by atoms with Crippen molar-refractivity contribution in [3.05, 3.63) is 23.2 Å². The summed E-state index contributed by atoms with van der Waals surface area (Å²) in [5.41, 5.74) is 1.29. The van der Waals surface area contributed by atoms with Gasteiger partial charge in [0.05, 0.1) is 11.8 Å². The maximum Gasteiger partial charge on any atom is 0.455 e. The second-order valence-corrected chi connectivity index (χ2v) is 8.53. The normalized spacial score (nSPS) is 24.0. The highest BCUT2D eigenvalue weighted by Gasteiger charge is 2.39. The molecule has 3 heterocycles. The van der Waals surface area contributed by atoms with Crippen LogP contribution in [0.1, 0.15) is 43.0 Å². The topological polar surface area (TPSA) is 106 Å². The van der Waals surface area contributed by atoms with E-state index in [1.54, 1.807) is 7.11 Å². The molecule has 174 valence electrons. The Kier molecular flexibility index (Phi) is 5.82. The van der Waals surface area contributed by atoms with Crippen LogP contribution in [-0.2, 0) is 28.5 Å². The molecule has 9 nitrogen and oxygen atoms in total. The Hall–Kier alpha value is -2.76. The number of anilines is 2. The molecule has 0 unspecified atom stereocenters. The van der Waals surface area contributed by atoms with E-state index in [9.17, 15) is 18.0 Å². The van der Waals surface area contributed by atoms with Crippen molar-refractivity contribution in [1.29, 1.82) is 0 Å². The van der Waals surface area contributed by atoms with Crippen molar-refractivity contribution in [2.75, 3.05) is 24.4 Å². The Morgan fingerprint density at radius 2 is 1.91 bits per heavy atom. The van der Waals surface area contributed by atoms with E-state index >= 15 is 0 Å². The largest absolute Gasteiger partial charge is 0.455 e. The number of fused-ring (bicyclic) bond motifs is 1. The van der Waals surface area contributed by atoms with Crippen LogP contribution in [0, 0.1) is 18.8 Å². The van der Waals surface area contributed by atoms with Gasteiger partial charge in [-0.1, -0.05) is 5.16 Å². The lowest BCUT2D eigenvalue weighted by Crippen LogP contribution is -2.53. The molecule has 4 rings (SSSR count). The van der Waals surface area contributed by atoms with Gasteiger partial charge in [0.15, 0.2) is 5.82 Å². The van der Waals surface area contributed by atoms with Crippen molar-refractivity contribution in [2.24, 2.45) is 11.8 Å². The molecule has 2 aliphatic rings. The highest BCUT2D eigenvalue weighted by atomic mass is 19.4. The van der Waals surface area contributed by atoms with Crippen molar-refractivity contribution >= 4 is 17.4 Å². The Morgan fingerprint density at radius 3 is 2.53 bits per heavy atom. The molecule has 12 heteroatoms. The Balaban J connectivity index is 1.39. The predicted molar refractivity (Wildman–Crippen MR) is 107 cm³/mol. The number of likely N-dealkylation sites (N-methyl/N-ethyl adjacent to an activating group) is 1. The summed E-state index contributed by atoms with van der Waals surface area (Å²) in [4.78, 5) is 27.0. The number of methoxy groups -OCH3 is 1. The molecule has 2 aromatic heterocycles. The fourth-order valence-electron chi connectivity index (χ4n) is 4.43. The van der Waals surface area contributed by atoms with Crippen LogP contribution in [0.25, 0.3) is 0 Å². The quantitative estimate of drug-likeness (QED) is 0.710. The molecule has 0 radical (unpaired) electrons. The standard InChI is InChI=1S/C20H25F3N6O3/c1-9-15-17(29(3)16(10(2)31-4)18(30)27-15)25-13(24-9)7-11-5-12(6-11)8-14-26-19(28-32-14)20(21,22)23/h10-12,16H,5-8H2,1-4H3,(H,27,30)/t10-,11?,12?,16+/m1/s1. The lowest BCUT2D eigenvalue weighted by atomic mass is 9.71. The average Bonchev–Trinajstić information content (AvgIpc) is 3.16. The van der Waals surface area contributed by atoms with E-state index < -0.39 is 18.0 Å². The molecule has 1 amide bonds. The third-order valence-corrected chi connectivity index (χ3v) is 6.19. The van der Waals surface area contributed by atoms with Crippen molar-refractivity contribution in [3.8, 4) is 0 Å². The minimum absolute atomic E-state index is 0.0114. The van der Waals surface area contributed by atoms with Crippen LogP contribution < -0.4 is 10.2 Å². The predicted octanol–water partition coefficient (Wildman–Crippen LogP) is 2.79. The second-order valence-electron chi connectivity index (χ2n) is 8.53. The van der Waals surface area contributed by atoms with Gasteiger partial charge in [-0.15, -0.1) is 0 Å². The van der Waals surface area contributed by atoms with Crippen LogP contribution >= 0.6 is 0 Å². The fourth-order valence-corrected chi connectivity index (χ4v) is 4.43. The molecule has 0 aromatic carbocycles. The average molecular weight is 454 g/mol. The molecule has 1 aliphatic heterocycles. The zero-order valence-electron chi connectivity index (χ0n) is 18.2. The minimum atomic E-state index is -4.60. The fraction of sp³-hybridized carbons (Fsp3) is 0.650. The van der Waals surface area contributed by atoms with Gasteiger partial charge in [0.25, 0.3) is 5.82 Å². The van der Waals surface area contributed by atoms with Gasteiger partial charge in [-0.25, -0.2) is 9.97 Å². The molecule has 0 saturated heterocycles. The van der Waals surface area contributed by atoms with E-state index in [4.69, 9.17) is 14.2 Å². The first-order valence-electron chi connectivity index (χ1n) is 10.4.